The van der Waals surface area contributed by atoms with Gasteiger partial charge in [-0.3, -0.25) is 0 Å². The van der Waals surface area contributed by atoms with Crippen molar-refractivity contribution in [1.82, 2.24) is 5.06 Å². The van der Waals surface area contributed by atoms with E-state index >= 15 is 0 Å². The van der Waals surface area contributed by atoms with E-state index in [0.717, 1.165) is 16.7 Å². The molecule has 0 radical (unpaired) electrons. The van der Waals surface area contributed by atoms with Crippen LogP contribution in [-0.2, 0) is 20.9 Å². The van der Waals surface area contributed by atoms with E-state index in [-0.39, 0.29) is 0 Å². The van der Waals surface area contributed by atoms with E-state index in [2.05, 4.69) is 11.6 Å². The van der Waals surface area contributed by atoms with Crippen molar-refractivity contribution in [2.24, 2.45) is 4.99 Å². The first kappa shape index (κ1) is 11.8. The van der Waals surface area contributed by atoms with Crippen molar-refractivity contribution in [3.8, 4) is 0 Å². The Morgan fingerprint density at radius 2 is 2.18 bits per heavy atom. The van der Waals surface area contributed by atoms with E-state index in [1.165, 1.54) is 5.06 Å². The highest BCUT2D eigenvalue weighted by Crippen LogP contribution is 2.26. The van der Waals surface area contributed by atoms with Crippen LogP contribution in [0, 0.1) is 0 Å². The Morgan fingerprint density at radius 1 is 1.47 bits per heavy atom. The third-order valence-corrected chi connectivity index (χ3v) is 3.14. The van der Waals surface area contributed by atoms with Gasteiger partial charge in [-0.15, -0.1) is 4.28 Å². The lowest BCUT2D eigenvalue weighted by molar-refractivity contribution is 0.0188. The second kappa shape index (κ2) is 4.31. The standard InChI is InChI=1S/C11H12N2O3S/c1-3-17(14,15)16-13-8-10-6-4-5-7-11(10)12-9(13)2/h3-7H,1,8H2,2H3. The molecule has 0 bridgehead atoms. The van der Waals surface area contributed by atoms with Crippen LogP contribution in [0.5, 0.6) is 0 Å². The lowest BCUT2D eigenvalue weighted by Gasteiger charge is -2.26. The first-order chi connectivity index (χ1) is 8.02. The summed E-state index contributed by atoms with van der Waals surface area (Å²) in [5.41, 5.74) is 1.75. The summed E-state index contributed by atoms with van der Waals surface area (Å²) in [7, 11) is -3.75. The number of aliphatic imine (C=N–C) groups is 1. The van der Waals surface area contributed by atoms with E-state index in [1.54, 1.807) is 6.92 Å². The topological polar surface area (TPSA) is 59.0 Å². The van der Waals surface area contributed by atoms with Gasteiger partial charge in [0.25, 0.3) is 0 Å². The third-order valence-electron chi connectivity index (χ3n) is 2.35. The van der Waals surface area contributed by atoms with Crippen LogP contribution in [-0.4, -0.2) is 19.3 Å². The molecule has 5 nitrogen and oxygen atoms in total. The second-order valence-electron chi connectivity index (χ2n) is 3.56. The van der Waals surface area contributed by atoms with Gasteiger partial charge in [0.2, 0.25) is 0 Å². The quantitative estimate of drug-likeness (QED) is 0.825. The molecule has 0 spiro atoms. The molecule has 1 aliphatic rings. The molecule has 6 heteroatoms. The van der Waals surface area contributed by atoms with Crippen molar-refractivity contribution in [2.45, 2.75) is 13.5 Å². The number of hydrogen-bond acceptors (Lipinski definition) is 5. The van der Waals surface area contributed by atoms with Crippen LogP contribution in [0.4, 0.5) is 5.69 Å². The fourth-order valence-electron chi connectivity index (χ4n) is 1.49. The number of hydrogen-bond donors (Lipinski definition) is 0. The molecule has 17 heavy (non-hydrogen) atoms. The van der Waals surface area contributed by atoms with Crippen molar-refractivity contribution in [3.05, 3.63) is 41.8 Å². The molecular weight excluding hydrogens is 240 g/mol. The number of rotatable bonds is 3. The van der Waals surface area contributed by atoms with E-state index in [0.29, 0.717) is 12.4 Å². The highest BCUT2D eigenvalue weighted by Gasteiger charge is 2.21. The average Bonchev–Trinajstić information content (AvgIpc) is 2.30. The van der Waals surface area contributed by atoms with Crippen LogP contribution in [0.15, 0.2) is 41.2 Å². The Morgan fingerprint density at radius 3 is 2.88 bits per heavy atom. The normalized spacial score (nSPS) is 15.1. The minimum Gasteiger partial charge on any atom is -0.233 e. The zero-order valence-electron chi connectivity index (χ0n) is 9.33. The van der Waals surface area contributed by atoms with Crippen molar-refractivity contribution < 1.29 is 12.7 Å². The maximum Gasteiger partial charge on any atom is 0.310 e. The Balaban J connectivity index is 2.29. The lowest BCUT2D eigenvalue weighted by atomic mass is 10.1. The van der Waals surface area contributed by atoms with Crippen LogP contribution in [0.1, 0.15) is 12.5 Å². The molecule has 2 rings (SSSR count). The van der Waals surface area contributed by atoms with Gasteiger partial charge in [0, 0.05) is 0 Å². The molecule has 1 aliphatic heterocycles. The molecular formula is C11H12N2O3S. The zero-order valence-corrected chi connectivity index (χ0v) is 10.1. The summed E-state index contributed by atoms with van der Waals surface area (Å²) in [6.45, 7) is 5.22. The highest BCUT2D eigenvalue weighted by atomic mass is 32.2. The molecule has 0 fully saturated rings. The van der Waals surface area contributed by atoms with Gasteiger partial charge in [-0.2, -0.15) is 8.42 Å². The average molecular weight is 252 g/mol. The van der Waals surface area contributed by atoms with Crippen LogP contribution in [0.25, 0.3) is 0 Å². The number of para-hydroxylation sites is 1. The summed E-state index contributed by atoms with van der Waals surface area (Å²) in [6, 6.07) is 7.50. The highest BCUT2D eigenvalue weighted by molar-refractivity contribution is 7.89. The van der Waals surface area contributed by atoms with Crippen LogP contribution >= 0.6 is 0 Å². The molecule has 0 saturated heterocycles. The third kappa shape index (κ3) is 2.54. The lowest BCUT2D eigenvalue weighted by Crippen LogP contribution is -2.32. The van der Waals surface area contributed by atoms with E-state index in [9.17, 15) is 8.42 Å². The molecule has 0 amide bonds. The number of benzene rings is 1. The first-order valence-corrected chi connectivity index (χ1v) is 6.47. The first-order valence-electron chi connectivity index (χ1n) is 4.99. The minimum absolute atomic E-state index is 0.346. The smallest absolute Gasteiger partial charge is 0.233 e. The molecule has 90 valence electrons. The summed E-state index contributed by atoms with van der Waals surface area (Å²) in [4.78, 5) is 4.26. The number of fused-ring (bicyclic) bond motifs is 1. The van der Waals surface area contributed by atoms with Crippen molar-refractivity contribution in [1.29, 1.82) is 0 Å². The number of amidine groups is 1. The largest absolute Gasteiger partial charge is 0.310 e. The molecule has 0 unspecified atom stereocenters. The predicted octanol–water partition coefficient (Wildman–Crippen LogP) is 1.96. The predicted molar refractivity (Wildman–Crippen MR) is 65.0 cm³/mol. The molecule has 1 aromatic rings. The summed E-state index contributed by atoms with van der Waals surface area (Å²) >= 11 is 0. The minimum atomic E-state index is -3.75. The van der Waals surface area contributed by atoms with Crippen molar-refractivity contribution >= 4 is 21.6 Å². The van der Waals surface area contributed by atoms with Crippen LogP contribution < -0.4 is 0 Å². The van der Waals surface area contributed by atoms with E-state index < -0.39 is 10.1 Å². The number of hydroxylamine groups is 2. The molecule has 1 aromatic carbocycles. The second-order valence-corrected chi connectivity index (χ2v) is 5.03. The Bertz CT molecular complexity index is 578. The summed E-state index contributed by atoms with van der Waals surface area (Å²) in [5.74, 6) is 0.495. The molecule has 0 atom stereocenters. The summed E-state index contributed by atoms with van der Waals surface area (Å²) in [6.07, 6.45) is 0. The zero-order chi connectivity index (χ0) is 12.5. The van der Waals surface area contributed by atoms with Gasteiger partial charge >= 0.3 is 10.1 Å². The molecule has 1 heterocycles. The van der Waals surface area contributed by atoms with Gasteiger partial charge in [-0.25, -0.2) is 10.1 Å². The van der Waals surface area contributed by atoms with Gasteiger partial charge in [-0.1, -0.05) is 24.8 Å². The molecule has 0 saturated carbocycles. The maximum absolute atomic E-state index is 11.3. The Labute approximate surface area is 100 Å². The summed E-state index contributed by atoms with van der Waals surface area (Å²) < 4.78 is 27.4. The van der Waals surface area contributed by atoms with Crippen molar-refractivity contribution in [3.63, 3.8) is 0 Å². The monoisotopic (exact) mass is 252 g/mol. The van der Waals surface area contributed by atoms with Gasteiger partial charge in [-0.05, 0) is 18.6 Å². The SMILES string of the molecule is C=CS(=O)(=O)ON1Cc2ccccc2N=C1C. The van der Waals surface area contributed by atoms with Crippen LogP contribution in [0.2, 0.25) is 0 Å². The summed E-state index contributed by atoms with van der Waals surface area (Å²) in [5, 5.41) is 2.00. The van der Waals surface area contributed by atoms with Crippen molar-refractivity contribution in [2.75, 3.05) is 0 Å². The molecule has 0 aromatic heterocycles. The van der Waals surface area contributed by atoms with Gasteiger partial charge in [0.1, 0.15) is 5.84 Å². The van der Waals surface area contributed by atoms with Crippen LogP contribution in [0.3, 0.4) is 0 Å². The fraction of sp³-hybridized carbons (Fsp3) is 0.182. The molecule has 0 aliphatic carbocycles. The van der Waals surface area contributed by atoms with E-state index in [1.807, 2.05) is 24.3 Å². The fourth-order valence-corrected chi connectivity index (χ4v) is 1.96. The van der Waals surface area contributed by atoms with Gasteiger partial charge in [0.05, 0.1) is 17.6 Å². The number of nitrogens with zero attached hydrogens (tertiary/aromatic N) is 2. The molecule has 0 N–H and O–H groups in total. The Hall–Kier alpha value is -1.66. The van der Waals surface area contributed by atoms with E-state index in [4.69, 9.17) is 4.28 Å². The maximum atomic E-state index is 11.3. The Kier molecular flexibility index (Phi) is 2.99. The van der Waals surface area contributed by atoms with Gasteiger partial charge in [0.15, 0.2) is 0 Å². The van der Waals surface area contributed by atoms with Gasteiger partial charge < -0.3 is 0 Å².